The van der Waals surface area contributed by atoms with E-state index in [1.165, 1.54) is 12.1 Å². The van der Waals surface area contributed by atoms with Gasteiger partial charge in [0.15, 0.2) is 0 Å². The van der Waals surface area contributed by atoms with Crippen LogP contribution in [0.15, 0.2) is 24.3 Å². The lowest BCUT2D eigenvalue weighted by Gasteiger charge is -2.14. The highest BCUT2D eigenvalue weighted by molar-refractivity contribution is 5.71. The molecule has 0 aromatic heterocycles. The number of carboxylic acids is 1. The van der Waals surface area contributed by atoms with E-state index in [0.29, 0.717) is 18.6 Å². The summed E-state index contributed by atoms with van der Waals surface area (Å²) in [5.41, 5.74) is 0.597. The van der Waals surface area contributed by atoms with Crippen molar-refractivity contribution in [1.82, 2.24) is 0 Å². The van der Waals surface area contributed by atoms with E-state index < -0.39 is 18.0 Å². The maximum atomic E-state index is 12.9. The van der Waals surface area contributed by atoms with Crippen LogP contribution < -0.4 is 0 Å². The van der Waals surface area contributed by atoms with Gasteiger partial charge in [0.25, 0.3) is 0 Å². The van der Waals surface area contributed by atoms with E-state index in [1.807, 2.05) is 0 Å². The molecule has 1 aromatic carbocycles. The number of carbonyl (C=O) groups is 1. The zero-order valence-electron chi connectivity index (χ0n) is 8.02. The second-order valence-corrected chi connectivity index (χ2v) is 3.58. The molecule has 15 heavy (non-hydrogen) atoms. The maximum absolute atomic E-state index is 12.9. The molecule has 1 saturated heterocycles. The number of benzene rings is 1. The third kappa shape index (κ3) is 1.99. The van der Waals surface area contributed by atoms with E-state index >= 15 is 0 Å². The summed E-state index contributed by atoms with van der Waals surface area (Å²) < 4.78 is 18.3. The van der Waals surface area contributed by atoms with Crippen LogP contribution in [0.2, 0.25) is 0 Å². The predicted molar refractivity (Wildman–Crippen MR) is 50.8 cm³/mol. The van der Waals surface area contributed by atoms with Crippen molar-refractivity contribution in [3.05, 3.63) is 35.6 Å². The Morgan fingerprint density at radius 1 is 1.53 bits per heavy atom. The SMILES string of the molecule is O=C(O)C1CCOC1c1cccc(F)c1. The molecule has 0 saturated carbocycles. The van der Waals surface area contributed by atoms with Crippen LogP contribution in [-0.4, -0.2) is 17.7 Å². The highest BCUT2D eigenvalue weighted by Crippen LogP contribution is 2.34. The van der Waals surface area contributed by atoms with E-state index in [-0.39, 0.29) is 5.82 Å². The molecule has 1 aliphatic rings. The quantitative estimate of drug-likeness (QED) is 0.811. The molecule has 0 bridgehead atoms. The molecular formula is C11H11FO3. The van der Waals surface area contributed by atoms with Crippen LogP contribution in [0.25, 0.3) is 0 Å². The Balaban J connectivity index is 2.26. The van der Waals surface area contributed by atoms with Crippen LogP contribution >= 0.6 is 0 Å². The fraction of sp³-hybridized carbons (Fsp3) is 0.364. The molecule has 1 fully saturated rings. The number of aliphatic carboxylic acids is 1. The predicted octanol–water partition coefficient (Wildman–Crippen LogP) is 1.99. The molecule has 80 valence electrons. The fourth-order valence-electron chi connectivity index (χ4n) is 1.85. The molecule has 1 aliphatic heterocycles. The Morgan fingerprint density at radius 2 is 2.33 bits per heavy atom. The van der Waals surface area contributed by atoms with E-state index in [9.17, 15) is 9.18 Å². The van der Waals surface area contributed by atoms with Crippen LogP contribution in [0.5, 0.6) is 0 Å². The van der Waals surface area contributed by atoms with E-state index in [1.54, 1.807) is 12.1 Å². The maximum Gasteiger partial charge on any atom is 0.309 e. The summed E-state index contributed by atoms with van der Waals surface area (Å²) in [6.45, 7) is 0.415. The summed E-state index contributed by atoms with van der Waals surface area (Å²) in [4.78, 5) is 10.9. The van der Waals surface area contributed by atoms with Gasteiger partial charge in [-0.1, -0.05) is 12.1 Å². The van der Waals surface area contributed by atoms with Crippen LogP contribution in [0.3, 0.4) is 0 Å². The molecule has 3 nitrogen and oxygen atoms in total. The van der Waals surface area contributed by atoms with Crippen molar-refractivity contribution < 1.29 is 19.0 Å². The average molecular weight is 210 g/mol. The molecule has 1 heterocycles. The molecule has 4 heteroatoms. The summed E-state index contributed by atoms with van der Waals surface area (Å²) in [6, 6.07) is 5.90. The van der Waals surface area contributed by atoms with Crippen molar-refractivity contribution in [2.45, 2.75) is 12.5 Å². The smallest absolute Gasteiger partial charge is 0.309 e. The molecule has 1 aromatic rings. The van der Waals surface area contributed by atoms with Gasteiger partial charge in [-0.05, 0) is 24.1 Å². The fourth-order valence-corrected chi connectivity index (χ4v) is 1.85. The van der Waals surface area contributed by atoms with Gasteiger partial charge in [0.05, 0.1) is 12.0 Å². The molecule has 0 amide bonds. The molecule has 1 N–H and O–H groups in total. The van der Waals surface area contributed by atoms with Crippen molar-refractivity contribution >= 4 is 5.97 Å². The minimum Gasteiger partial charge on any atom is -0.481 e. The van der Waals surface area contributed by atoms with Gasteiger partial charge in [-0.3, -0.25) is 4.79 Å². The van der Waals surface area contributed by atoms with Crippen molar-refractivity contribution in [3.63, 3.8) is 0 Å². The third-order valence-electron chi connectivity index (χ3n) is 2.59. The van der Waals surface area contributed by atoms with Gasteiger partial charge in [-0.2, -0.15) is 0 Å². The minimum atomic E-state index is -0.887. The first kappa shape index (κ1) is 10.1. The van der Waals surface area contributed by atoms with Gasteiger partial charge in [-0.15, -0.1) is 0 Å². The zero-order chi connectivity index (χ0) is 10.8. The number of hydrogen-bond donors (Lipinski definition) is 1. The van der Waals surface area contributed by atoms with Crippen molar-refractivity contribution in [2.24, 2.45) is 5.92 Å². The number of carboxylic acid groups (broad SMARTS) is 1. The lowest BCUT2D eigenvalue weighted by atomic mass is 9.95. The first-order valence-corrected chi connectivity index (χ1v) is 4.78. The zero-order valence-corrected chi connectivity index (χ0v) is 8.02. The standard InChI is InChI=1S/C11H11FO3/c12-8-3-1-2-7(6-8)10-9(11(13)14)4-5-15-10/h1-3,6,9-10H,4-5H2,(H,13,14). The number of hydrogen-bond acceptors (Lipinski definition) is 2. The van der Waals surface area contributed by atoms with Gasteiger partial charge in [0.2, 0.25) is 0 Å². The van der Waals surface area contributed by atoms with Crippen LogP contribution in [-0.2, 0) is 9.53 Å². The minimum absolute atomic E-state index is 0.368. The molecule has 0 spiro atoms. The number of ether oxygens (including phenoxy) is 1. The van der Waals surface area contributed by atoms with Crippen LogP contribution in [0, 0.1) is 11.7 Å². The normalized spacial score (nSPS) is 25.4. The molecule has 2 unspecified atom stereocenters. The van der Waals surface area contributed by atoms with E-state index in [0.717, 1.165) is 0 Å². The summed E-state index contributed by atoms with van der Waals surface area (Å²) in [7, 11) is 0. The Kier molecular flexibility index (Phi) is 2.68. The summed E-state index contributed by atoms with van der Waals surface area (Å²) in [5.74, 6) is -1.82. The Labute approximate surface area is 86.5 Å². The molecular weight excluding hydrogens is 199 g/mol. The highest BCUT2D eigenvalue weighted by Gasteiger charge is 2.35. The van der Waals surface area contributed by atoms with E-state index in [4.69, 9.17) is 9.84 Å². The molecule has 2 rings (SSSR count). The van der Waals surface area contributed by atoms with Crippen LogP contribution in [0.1, 0.15) is 18.1 Å². The molecule has 0 radical (unpaired) electrons. The van der Waals surface area contributed by atoms with Crippen molar-refractivity contribution in [3.8, 4) is 0 Å². The van der Waals surface area contributed by atoms with Crippen LogP contribution in [0.4, 0.5) is 4.39 Å². The molecule has 2 atom stereocenters. The van der Waals surface area contributed by atoms with E-state index in [2.05, 4.69) is 0 Å². The van der Waals surface area contributed by atoms with Gasteiger partial charge < -0.3 is 9.84 Å². The first-order chi connectivity index (χ1) is 7.18. The number of rotatable bonds is 2. The monoisotopic (exact) mass is 210 g/mol. The molecule has 0 aliphatic carbocycles. The largest absolute Gasteiger partial charge is 0.481 e. The first-order valence-electron chi connectivity index (χ1n) is 4.78. The average Bonchev–Trinajstić information content (AvgIpc) is 2.65. The van der Waals surface area contributed by atoms with Crippen molar-refractivity contribution in [2.75, 3.05) is 6.61 Å². The Bertz CT molecular complexity index is 378. The number of halogens is 1. The van der Waals surface area contributed by atoms with Gasteiger partial charge in [-0.25, -0.2) is 4.39 Å². The second-order valence-electron chi connectivity index (χ2n) is 3.58. The lowest BCUT2D eigenvalue weighted by Crippen LogP contribution is -2.17. The topological polar surface area (TPSA) is 46.5 Å². The summed E-state index contributed by atoms with van der Waals surface area (Å²) >= 11 is 0. The highest BCUT2D eigenvalue weighted by atomic mass is 19.1. The van der Waals surface area contributed by atoms with Gasteiger partial charge in [0.1, 0.15) is 5.82 Å². The third-order valence-corrected chi connectivity index (χ3v) is 2.59. The Morgan fingerprint density at radius 3 is 3.00 bits per heavy atom. The Hall–Kier alpha value is -1.42. The van der Waals surface area contributed by atoms with Gasteiger partial charge >= 0.3 is 5.97 Å². The van der Waals surface area contributed by atoms with Gasteiger partial charge in [0, 0.05) is 6.61 Å². The summed E-state index contributed by atoms with van der Waals surface area (Å²) in [5, 5.41) is 8.94. The van der Waals surface area contributed by atoms with Crippen molar-refractivity contribution in [1.29, 1.82) is 0 Å². The second kappa shape index (κ2) is 3.98. The lowest BCUT2D eigenvalue weighted by molar-refractivity contribution is -0.143. The summed E-state index contributed by atoms with van der Waals surface area (Å²) in [6.07, 6.45) is -0.0329.